The van der Waals surface area contributed by atoms with E-state index in [9.17, 15) is 4.79 Å². The molecule has 0 saturated carbocycles. The molecule has 0 aliphatic rings. The average Bonchev–Trinajstić information content (AvgIpc) is 2.62. The average molecular weight is 431 g/mol. The second-order valence-corrected chi connectivity index (χ2v) is 8.14. The number of anilines is 1. The van der Waals surface area contributed by atoms with Crippen molar-refractivity contribution >= 4 is 52.1 Å². The first kappa shape index (κ1) is 24.2. The third-order valence-corrected chi connectivity index (χ3v) is 5.38. The van der Waals surface area contributed by atoms with Gasteiger partial charge >= 0.3 is 0 Å². The lowest BCUT2D eigenvalue weighted by atomic mass is 10.1. The topological polar surface area (TPSA) is 41.1 Å². The molecule has 1 aromatic rings. The van der Waals surface area contributed by atoms with E-state index in [-0.39, 0.29) is 11.0 Å². The van der Waals surface area contributed by atoms with Crippen molar-refractivity contribution in [1.29, 1.82) is 0 Å². The van der Waals surface area contributed by atoms with Crippen LogP contribution in [0.2, 0.25) is 10.0 Å². The summed E-state index contributed by atoms with van der Waals surface area (Å²) in [7, 11) is 0. The van der Waals surface area contributed by atoms with Gasteiger partial charge in [0.25, 0.3) is 0 Å². The molecule has 1 amide bonds. The quantitative estimate of drug-likeness (QED) is 0.251. The maximum atomic E-state index is 11.9. The van der Waals surface area contributed by atoms with Crippen LogP contribution in [0, 0.1) is 0 Å². The van der Waals surface area contributed by atoms with Crippen LogP contribution in [0.1, 0.15) is 84.0 Å². The Bertz CT molecular complexity index is 581. The van der Waals surface area contributed by atoms with E-state index >= 15 is 0 Å². The van der Waals surface area contributed by atoms with Gasteiger partial charge in [0.1, 0.15) is 0 Å². The molecular weight excluding hydrogens is 399 g/mol. The first-order valence-electron chi connectivity index (χ1n) is 10.1. The molecule has 0 spiro atoms. The summed E-state index contributed by atoms with van der Waals surface area (Å²) in [5.74, 6) is -0.0523. The molecule has 0 aromatic heterocycles. The Labute approximate surface area is 179 Å². The van der Waals surface area contributed by atoms with Gasteiger partial charge in [-0.25, -0.2) is 0 Å². The summed E-state index contributed by atoms with van der Waals surface area (Å²) in [5.41, 5.74) is 0.699. The van der Waals surface area contributed by atoms with Gasteiger partial charge in [-0.05, 0) is 36.8 Å². The van der Waals surface area contributed by atoms with E-state index < -0.39 is 0 Å². The number of rotatable bonds is 13. The minimum absolute atomic E-state index is 0.0523. The number of unbranched alkanes of at least 4 members (excludes halogenated alkanes) is 10. The normalized spacial score (nSPS) is 10.6. The molecule has 0 radical (unpaired) electrons. The van der Waals surface area contributed by atoms with Gasteiger partial charge < -0.3 is 10.6 Å². The van der Waals surface area contributed by atoms with Crippen LogP contribution in [0.5, 0.6) is 0 Å². The molecule has 152 valence electrons. The van der Waals surface area contributed by atoms with Crippen molar-refractivity contribution in [2.75, 3.05) is 5.32 Å². The summed E-state index contributed by atoms with van der Waals surface area (Å²) >= 11 is 17.0. The fourth-order valence-electron chi connectivity index (χ4n) is 2.88. The van der Waals surface area contributed by atoms with Crippen LogP contribution in [-0.4, -0.2) is 11.0 Å². The van der Waals surface area contributed by atoms with Crippen molar-refractivity contribution in [3.05, 3.63) is 28.2 Å². The number of benzene rings is 1. The largest absolute Gasteiger partial charge is 0.332 e. The Kier molecular flexibility index (Phi) is 13.6. The molecule has 1 aromatic carbocycles. The van der Waals surface area contributed by atoms with Crippen molar-refractivity contribution in [3.8, 4) is 0 Å². The molecule has 27 heavy (non-hydrogen) atoms. The van der Waals surface area contributed by atoms with E-state index in [1.807, 2.05) is 0 Å². The Morgan fingerprint density at radius 1 is 0.889 bits per heavy atom. The molecule has 0 fully saturated rings. The van der Waals surface area contributed by atoms with Gasteiger partial charge in [0, 0.05) is 12.1 Å². The molecule has 6 heteroatoms. The lowest BCUT2D eigenvalue weighted by Crippen LogP contribution is -2.33. The zero-order valence-corrected chi connectivity index (χ0v) is 18.6. The summed E-state index contributed by atoms with van der Waals surface area (Å²) in [4.78, 5) is 11.9. The fourth-order valence-corrected chi connectivity index (χ4v) is 3.40. The van der Waals surface area contributed by atoms with Crippen LogP contribution >= 0.6 is 35.4 Å². The van der Waals surface area contributed by atoms with Crippen LogP contribution in [0.25, 0.3) is 0 Å². The highest BCUT2D eigenvalue weighted by Crippen LogP contribution is 2.24. The Balaban J connectivity index is 2.02. The van der Waals surface area contributed by atoms with E-state index in [1.165, 1.54) is 57.8 Å². The van der Waals surface area contributed by atoms with E-state index in [1.54, 1.807) is 18.2 Å². The van der Waals surface area contributed by atoms with Gasteiger partial charge in [0.2, 0.25) is 5.91 Å². The molecule has 0 bridgehead atoms. The molecule has 2 N–H and O–H groups in total. The molecule has 0 aliphatic carbocycles. The van der Waals surface area contributed by atoms with Crippen LogP contribution in [0.3, 0.4) is 0 Å². The highest BCUT2D eigenvalue weighted by molar-refractivity contribution is 7.80. The van der Waals surface area contributed by atoms with Crippen LogP contribution in [0.15, 0.2) is 18.2 Å². The van der Waals surface area contributed by atoms with Crippen molar-refractivity contribution in [2.24, 2.45) is 0 Å². The zero-order valence-electron chi connectivity index (χ0n) is 16.3. The molecule has 3 nitrogen and oxygen atoms in total. The van der Waals surface area contributed by atoms with Crippen molar-refractivity contribution < 1.29 is 4.79 Å². The number of hydrogen-bond acceptors (Lipinski definition) is 2. The van der Waals surface area contributed by atoms with Crippen molar-refractivity contribution in [2.45, 2.75) is 84.0 Å². The second kappa shape index (κ2) is 15.1. The molecule has 0 unspecified atom stereocenters. The number of hydrogen-bond donors (Lipinski definition) is 2. The Morgan fingerprint density at radius 3 is 2.00 bits per heavy atom. The predicted molar refractivity (Wildman–Crippen MR) is 122 cm³/mol. The van der Waals surface area contributed by atoms with E-state index in [2.05, 4.69) is 17.6 Å². The van der Waals surface area contributed by atoms with E-state index in [4.69, 9.17) is 35.4 Å². The monoisotopic (exact) mass is 430 g/mol. The maximum absolute atomic E-state index is 11.9. The lowest BCUT2D eigenvalue weighted by molar-refractivity contribution is -0.119. The fraction of sp³-hybridized carbons (Fsp3) is 0.619. The summed E-state index contributed by atoms with van der Waals surface area (Å²) in [6.07, 6.45) is 14.4. The van der Waals surface area contributed by atoms with Crippen molar-refractivity contribution in [3.63, 3.8) is 0 Å². The summed E-state index contributed by atoms with van der Waals surface area (Å²) in [6.45, 7) is 2.25. The summed E-state index contributed by atoms with van der Waals surface area (Å²) in [6, 6.07) is 5.12. The molecule has 0 saturated heterocycles. The van der Waals surface area contributed by atoms with Crippen LogP contribution in [0.4, 0.5) is 5.69 Å². The molecular formula is C21H32Cl2N2OS. The predicted octanol–water partition coefficient (Wildman–Crippen LogP) is 7.51. The van der Waals surface area contributed by atoms with Gasteiger partial charge in [-0.1, -0.05) is 94.3 Å². The summed E-state index contributed by atoms with van der Waals surface area (Å²) < 4.78 is 0. The summed E-state index contributed by atoms with van der Waals surface area (Å²) in [5, 5.41) is 6.84. The number of carbonyl (C=O) groups excluding carboxylic acids is 1. The SMILES string of the molecule is CCCCCCCCCCCCCC(=O)NC(=S)Nc1ccc(Cl)c(Cl)c1. The number of carbonyl (C=O) groups is 1. The minimum Gasteiger partial charge on any atom is -0.332 e. The second-order valence-electron chi connectivity index (χ2n) is 6.92. The maximum Gasteiger partial charge on any atom is 0.226 e. The lowest BCUT2D eigenvalue weighted by Gasteiger charge is -2.10. The highest BCUT2D eigenvalue weighted by Gasteiger charge is 2.06. The molecule has 0 atom stereocenters. The number of nitrogens with one attached hydrogen (secondary N) is 2. The van der Waals surface area contributed by atoms with Gasteiger partial charge in [-0.3, -0.25) is 4.79 Å². The molecule has 1 rings (SSSR count). The first-order chi connectivity index (χ1) is 13.0. The van der Waals surface area contributed by atoms with Crippen LogP contribution < -0.4 is 10.6 Å². The van der Waals surface area contributed by atoms with Crippen LogP contribution in [-0.2, 0) is 4.79 Å². The van der Waals surface area contributed by atoms with Gasteiger partial charge in [-0.15, -0.1) is 0 Å². The van der Waals surface area contributed by atoms with Gasteiger partial charge in [-0.2, -0.15) is 0 Å². The first-order valence-corrected chi connectivity index (χ1v) is 11.2. The number of thiocarbonyl (C=S) groups is 1. The Hall–Kier alpha value is -0.840. The zero-order chi connectivity index (χ0) is 19.9. The van der Waals surface area contributed by atoms with Gasteiger partial charge in [0.15, 0.2) is 5.11 Å². The number of halogens is 2. The molecule has 0 heterocycles. The standard InChI is InChI=1S/C21H32Cl2N2OS/c1-2-3-4-5-6-7-8-9-10-11-12-13-20(26)25-21(27)24-17-14-15-18(22)19(23)16-17/h14-16H,2-13H2,1H3,(H2,24,25,26,27). The third-order valence-electron chi connectivity index (χ3n) is 4.44. The van der Waals surface area contributed by atoms with Gasteiger partial charge in [0.05, 0.1) is 10.0 Å². The number of amides is 1. The minimum atomic E-state index is -0.0523. The van der Waals surface area contributed by atoms with E-state index in [0.29, 0.717) is 22.2 Å². The van der Waals surface area contributed by atoms with Crippen molar-refractivity contribution in [1.82, 2.24) is 5.32 Å². The smallest absolute Gasteiger partial charge is 0.226 e. The highest BCUT2D eigenvalue weighted by atomic mass is 35.5. The third kappa shape index (κ3) is 12.3. The molecule has 0 aliphatic heterocycles. The van der Waals surface area contributed by atoms with E-state index in [0.717, 1.165) is 12.8 Å². The Morgan fingerprint density at radius 2 is 1.44 bits per heavy atom.